The number of aromatic carboxylic acids is 1. The van der Waals surface area contributed by atoms with Crippen LogP contribution in [0, 0.1) is 11.6 Å². The van der Waals surface area contributed by atoms with Crippen molar-refractivity contribution in [2.24, 2.45) is 0 Å². The summed E-state index contributed by atoms with van der Waals surface area (Å²) in [6.45, 7) is 0. The fourth-order valence-electron chi connectivity index (χ4n) is 4.89. The van der Waals surface area contributed by atoms with E-state index in [9.17, 15) is 55.1 Å². The van der Waals surface area contributed by atoms with Crippen molar-refractivity contribution in [1.29, 1.82) is 0 Å². The molecule has 0 unspecified atom stereocenters. The van der Waals surface area contributed by atoms with Crippen LogP contribution in [0.25, 0.3) is 22.9 Å². The number of aromatic nitrogens is 9. The predicted octanol–water partition coefficient (Wildman–Crippen LogP) is 6.87. The van der Waals surface area contributed by atoms with E-state index < -0.39 is 48.5 Å². The Balaban J connectivity index is 0.000000205. The van der Waals surface area contributed by atoms with Crippen LogP contribution in [0.5, 0.6) is 0 Å². The van der Waals surface area contributed by atoms with E-state index in [4.69, 9.17) is 23.2 Å². The third-order valence-corrected chi connectivity index (χ3v) is 8.21. The maximum atomic E-state index is 13.4. The number of hydrogen-bond donors (Lipinski definition) is 5. The standard InChI is InChI=1S/C20H11ClF4N6O2.C14H9BClF4N5O2/c21-12-8-10(4-5-13(12)22)27-19-26-9-11(14-2-1-3-15(28-14)18(32)33)17(29-19)31-7-6-16(30-31)20(23,24)25;16-9-5-7(1-2-10(9)17)22-13-21-6-8(15(26)27)12(23-13)25-4-3-11(24-25)14(18,19)20/h1-9H,(H,32,33)(H,26,27,29);1-6,26-27H,(H,21,22,23). The van der Waals surface area contributed by atoms with Crippen LogP contribution in [0.1, 0.15) is 21.9 Å². The Bertz CT molecular complexity index is 2700. The van der Waals surface area contributed by atoms with Gasteiger partial charge in [-0.05, 0) is 60.7 Å². The lowest BCUT2D eigenvalue weighted by Gasteiger charge is -2.12. The number of halogens is 10. The maximum absolute atomic E-state index is 13.4. The Morgan fingerprint density at radius 3 is 1.65 bits per heavy atom. The van der Waals surface area contributed by atoms with Crippen LogP contribution in [0.15, 0.2) is 91.5 Å². The molecule has 0 bridgehead atoms. The van der Waals surface area contributed by atoms with Gasteiger partial charge in [-0.2, -0.15) is 46.5 Å². The number of pyridine rings is 1. The minimum absolute atomic E-state index is 0.0603. The first-order valence-corrected chi connectivity index (χ1v) is 17.0. The van der Waals surface area contributed by atoms with Crippen molar-refractivity contribution in [3.8, 4) is 22.9 Å². The van der Waals surface area contributed by atoms with Crippen LogP contribution in [0.2, 0.25) is 10.0 Å². The Morgan fingerprint density at radius 1 is 0.683 bits per heavy atom. The summed E-state index contributed by atoms with van der Waals surface area (Å²) < 4.78 is 106. The molecule has 5 heterocycles. The van der Waals surface area contributed by atoms with E-state index >= 15 is 0 Å². The normalized spacial score (nSPS) is 11.5. The van der Waals surface area contributed by atoms with E-state index in [0.717, 1.165) is 46.2 Å². The van der Waals surface area contributed by atoms with Crippen molar-refractivity contribution in [2.75, 3.05) is 10.6 Å². The SMILES string of the molecule is O=C(O)c1cccc(-c2cnc(Nc3ccc(F)c(Cl)c3)nc2-n2ccc(C(F)(F)F)n2)n1.OB(O)c1cnc(Nc2ccc(F)c(Cl)c2)nc1-n1ccc(C(F)(F)F)n1. The molecule has 0 saturated heterocycles. The molecule has 308 valence electrons. The molecule has 5 N–H and O–H groups in total. The number of carboxylic acids is 1. The third kappa shape index (κ3) is 10.1. The zero-order valence-corrected chi connectivity index (χ0v) is 30.8. The fraction of sp³-hybridized carbons (Fsp3) is 0.0588. The number of carbonyl (C=O) groups is 1. The smallest absolute Gasteiger partial charge is 0.477 e. The number of benzene rings is 2. The molecule has 15 nitrogen and oxygen atoms in total. The zero-order chi connectivity index (χ0) is 43.5. The van der Waals surface area contributed by atoms with Crippen molar-refractivity contribution in [3.63, 3.8) is 0 Å². The Labute approximate surface area is 340 Å². The largest absolute Gasteiger partial charge is 0.493 e. The number of nitrogens with one attached hydrogen (secondary N) is 2. The fourth-order valence-corrected chi connectivity index (χ4v) is 5.25. The third-order valence-electron chi connectivity index (χ3n) is 7.63. The minimum atomic E-state index is -4.69. The van der Waals surface area contributed by atoms with E-state index in [-0.39, 0.29) is 56.0 Å². The highest BCUT2D eigenvalue weighted by molar-refractivity contribution is 6.59. The molecule has 0 amide bonds. The van der Waals surface area contributed by atoms with Gasteiger partial charge in [0.25, 0.3) is 0 Å². The Hall–Kier alpha value is -6.76. The molecule has 60 heavy (non-hydrogen) atoms. The van der Waals surface area contributed by atoms with Crippen molar-refractivity contribution in [2.45, 2.75) is 12.4 Å². The molecule has 0 aliphatic carbocycles. The molecule has 26 heteroatoms. The molecule has 0 radical (unpaired) electrons. The van der Waals surface area contributed by atoms with E-state index in [0.29, 0.717) is 17.4 Å². The van der Waals surface area contributed by atoms with Crippen LogP contribution >= 0.6 is 23.2 Å². The molecular formula is C34H20BCl2F8N11O4. The van der Waals surface area contributed by atoms with Gasteiger partial charge in [-0.1, -0.05) is 29.3 Å². The topological polar surface area (TPSA) is 202 Å². The van der Waals surface area contributed by atoms with Gasteiger partial charge in [-0.15, -0.1) is 0 Å². The van der Waals surface area contributed by atoms with E-state index in [2.05, 4.69) is 45.8 Å². The second-order valence-electron chi connectivity index (χ2n) is 11.8. The highest BCUT2D eigenvalue weighted by Gasteiger charge is 2.35. The van der Waals surface area contributed by atoms with Gasteiger partial charge in [0, 0.05) is 41.6 Å². The Kier molecular flexibility index (Phi) is 12.3. The first kappa shape index (κ1) is 42.8. The van der Waals surface area contributed by atoms with E-state index in [1.54, 1.807) is 0 Å². The second-order valence-corrected chi connectivity index (χ2v) is 12.6. The number of hydrogen-bond acceptors (Lipinski definition) is 12. The first-order chi connectivity index (χ1) is 28.3. The number of anilines is 4. The molecule has 7 aromatic rings. The van der Waals surface area contributed by atoms with Crippen LogP contribution in [-0.2, 0) is 12.4 Å². The van der Waals surface area contributed by atoms with Gasteiger partial charge >= 0.3 is 25.4 Å². The zero-order valence-electron chi connectivity index (χ0n) is 29.3. The van der Waals surface area contributed by atoms with E-state index in [1.807, 2.05) is 0 Å². The molecule has 0 spiro atoms. The van der Waals surface area contributed by atoms with Crippen molar-refractivity contribution >= 4 is 65.0 Å². The van der Waals surface area contributed by atoms with Crippen LogP contribution in [0.3, 0.4) is 0 Å². The van der Waals surface area contributed by atoms with Gasteiger partial charge in [0.2, 0.25) is 11.9 Å². The summed E-state index contributed by atoms with van der Waals surface area (Å²) in [5, 5.41) is 40.0. The van der Waals surface area contributed by atoms with Gasteiger partial charge < -0.3 is 25.8 Å². The molecule has 0 fully saturated rings. The monoisotopic (exact) mass is 879 g/mol. The predicted molar refractivity (Wildman–Crippen MR) is 198 cm³/mol. The molecule has 0 aliphatic rings. The first-order valence-electron chi connectivity index (χ1n) is 16.3. The summed E-state index contributed by atoms with van der Waals surface area (Å²) in [7, 11) is -2.05. The highest BCUT2D eigenvalue weighted by atomic mass is 35.5. The van der Waals surface area contributed by atoms with Gasteiger partial charge in [0.1, 0.15) is 17.3 Å². The number of rotatable bonds is 9. The molecule has 0 atom stereocenters. The van der Waals surface area contributed by atoms with Crippen LogP contribution in [-0.4, -0.2) is 72.7 Å². The van der Waals surface area contributed by atoms with Crippen molar-refractivity contribution in [1.82, 2.24) is 44.5 Å². The molecule has 5 aromatic heterocycles. The van der Waals surface area contributed by atoms with Gasteiger partial charge in [0.15, 0.2) is 23.0 Å². The summed E-state index contributed by atoms with van der Waals surface area (Å²) in [6.07, 6.45) is -5.09. The van der Waals surface area contributed by atoms with Crippen molar-refractivity contribution < 1.29 is 55.1 Å². The molecule has 2 aromatic carbocycles. The van der Waals surface area contributed by atoms with E-state index in [1.165, 1.54) is 48.7 Å². The van der Waals surface area contributed by atoms with Crippen molar-refractivity contribution in [3.05, 3.63) is 130 Å². The molecule has 7 rings (SSSR count). The molecular weight excluding hydrogens is 860 g/mol. The summed E-state index contributed by atoms with van der Waals surface area (Å²) in [5.41, 5.74) is -2.03. The minimum Gasteiger partial charge on any atom is -0.477 e. The lowest BCUT2D eigenvalue weighted by Crippen LogP contribution is -2.35. The number of nitrogens with zero attached hydrogens (tertiary/aromatic N) is 9. The Morgan fingerprint density at radius 2 is 1.18 bits per heavy atom. The van der Waals surface area contributed by atoms with Crippen LogP contribution in [0.4, 0.5) is 58.4 Å². The maximum Gasteiger partial charge on any atom is 0.493 e. The van der Waals surface area contributed by atoms with Gasteiger partial charge in [0.05, 0.1) is 21.3 Å². The summed E-state index contributed by atoms with van der Waals surface area (Å²) in [6, 6.07) is 13.1. The van der Waals surface area contributed by atoms with Gasteiger partial charge in [-0.3, -0.25) is 0 Å². The highest BCUT2D eigenvalue weighted by Crippen LogP contribution is 2.31. The summed E-state index contributed by atoms with van der Waals surface area (Å²) in [5.74, 6) is -3.13. The number of carboxylic acid groups (broad SMARTS) is 1. The lowest BCUT2D eigenvalue weighted by molar-refractivity contribution is -0.142. The average molecular weight is 880 g/mol. The lowest BCUT2D eigenvalue weighted by atomic mass is 9.81. The molecule has 0 saturated carbocycles. The summed E-state index contributed by atoms with van der Waals surface area (Å²) in [4.78, 5) is 31.4. The quantitative estimate of drug-likeness (QED) is 0.0743. The molecule has 0 aliphatic heterocycles. The average Bonchev–Trinajstić information content (AvgIpc) is 3.90. The number of alkyl halides is 6. The summed E-state index contributed by atoms with van der Waals surface area (Å²) >= 11 is 11.4. The van der Waals surface area contributed by atoms with Gasteiger partial charge in [-0.25, -0.2) is 37.9 Å². The van der Waals surface area contributed by atoms with Crippen LogP contribution < -0.4 is 16.1 Å². The second kappa shape index (κ2) is 17.2.